The zero-order valence-electron chi connectivity index (χ0n) is 12.7. The zero-order valence-corrected chi connectivity index (χ0v) is 12.7. The number of hydrogen-bond donors (Lipinski definition) is 1. The lowest BCUT2D eigenvalue weighted by molar-refractivity contribution is -0.128. The molecule has 4 heteroatoms. The van der Waals surface area contributed by atoms with Crippen LogP contribution in [0.3, 0.4) is 0 Å². The fourth-order valence-corrected chi connectivity index (χ4v) is 2.03. The number of carbonyl (C=O) groups is 1. The van der Waals surface area contributed by atoms with E-state index in [1.54, 1.807) is 12.3 Å². The molecule has 0 aliphatic heterocycles. The van der Waals surface area contributed by atoms with Crippen LogP contribution in [0.15, 0.2) is 41.0 Å². The molecule has 0 bridgehead atoms. The van der Waals surface area contributed by atoms with Crippen molar-refractivity contribution in [1.82, 2.24) is 5.32 Å². The van der Waals surface area contributed by atoms with E-state index < -0.39 is 6.10 Å². The summed E-state index contributed by atoms with van der Waals surface area (Å²) in [5.41, 5.74) is 2.22. The molecule has 0 unspecified atom stereocenters. The molecule has 0 aliphatic rings. The Kier molecular flexibility index (Phi) is 5.04. The van der Waals surface area contributed by atoms with Crippen LogP contribution >= 0.6 is 0 Å². The fraction of sp³-hybridized carbons (Fsp3) is 0.353. The largest absolute Gasteiger partial charge is 0.480 e. The highest BCUT2D eigenvalue weighted by Gasteiger charge is 2.19. The van der Waals surface area contributed by atoms with Gasteiger partial charge in [-0.3, -0.25) is 4.79 Å². The summed E-state index contributed by atoms with van der Waals surface area (Å²) < 4.78 is 11.1. The van der Waals surface area contributed by atoms with Crippen LogP contribution < -0.4 is 10.1 Å². The summed E-state index contributed by atoms with van der Waals surface area (Å²) in [5.74, 6) is 1.36. The second-order valence-corrected chi connectivity index (χ2v) is 5.01. The number of rotatable bonds is 6. The number of benzene rings is 1. The second kappa shape index (κ2) is 6.97. The minimum Gasteiger partial charge on any atom is -0.480 e. The summed E-state index contributed by atoms with van der Waals surface area (Å²) in [4.78, 5) is 12.2. The first-order valence-corrected chi connectivity index (χ1v) is 7.14. The molecule has 0 saturated heterocycles. The van der Waals surface area contributed by atoms with Gasteiger partial charge in [-0.05, 0) is 49.6 Å². The first kappa shape index (κ1) is 15.2. The monoisotopic (exact) mass is 287 g/mol. The van der Waals surface area contributed by atoms with Crippen molar-refractivity contribution in [3.63, 3.8) is 0 Å². The number of nitrogens with one attached hydrogen (secondary N) is 1. The van der Waals surface area contributed by atoms with E-state index >= 15 is 0 Å². The summed E-state index contributed by atoms with van der Waals surface area (Å²) in [6, 6.07) is 9.48. The molecule has 112 valence electrons. The summed E-state index contributed by atoms with van der Waals surface area (Å²) in [5, 5.41) is 2.83. The van der Waals surface area contributed by atoms with E-state index in [4.69, 9.17) is 9.15 Å². The molecule has 1 N–H and O–H groups in total. The number of ether oxygens (including phenoxy) is 1. The molecule has 1 aromatic carbocycles. The van der Waals surface area contributed by atoms with E-state index in [0.29, 0.717) is 13.0 Å². The van der Waals surface area contributed by atoms with E-state index in [0.717, 1.165) is 22.6 Å². The Bertz CT molecular complexity index is 590. The lowest BCUT2D eigenvalue weighted by atomic mass is 10.1. The van der Waals surface area contributed by atoms with Gasteiger partial charge in [0.05, 0.1) is 12.8 Å². The van der Waals surface area contributed by atoms with Gasteiger partial charge in [0.2, 0.25) is 0 Å². The molecule has 2 rings (SSSR count). The highest BCUT2D eigenvalue weighted by molar-refractivity contribution is 5.81. The molecule has 0 fully saturated rings. The topological polar surface area (TPSA) is 51.5 Å². The summed E-state index contributed by atoms with van der Waals surface area (Å²) in [7, 11) is 0. The van der Waals surface area contributed by atoms with Gasteiger partial charge in [0.1, 0.15) is 11.5 Å². The van der Waals surface area contributed by atoms with E-state index in [1.165, 1.54) is 0 Å². The predicted octanol–water partition coefficient (Wildman–Crippen LogP) is 3.37. The van der Waals surface area contributed by atoms with Gasteiger partial charge in [-0.15, -0.1) is 0 Å². The Balaban J connectivity index is 1.98. The predicted molar refractivity (Wildman–Crippen MR) is 81.2 cm³/mol. The molecule has 1 atom stereocenters. The molecule has 21 heavy (non-hydrogen) atoms. The van der Waals surface area contributed by atoms with E-state index in [-0.39, 0.29) is 5.91 Å². The van der Waals surface area contributed by atoms with Crippen molar-refractivity contribution < 1.29 is 13.9 Å². The van der Waals surface area contributed by atoms with Crippen LogP contribution in [0.25, 0.3) is 0 Å². The normalized spacial score (nSPS) is 12.0. The highest BCUT2D eigenvalue weighted by Crippen LogP contribution is 2.22. The van der Waals surface area contributed by atoms with E-state index in [1.807, 2.05) is 45.0 Å². The molecular formula is C17H21NO3. The molecule has 2 aromatic rings. The van der Waals surface area contributed by atoms with Crippen molar-refractivity contribution in [3.05, 3.63) is 53.5 Å². The average molecular weight is 287 g/mol. The van der Waals surface area contributed by atoms with Gasteiger partial charge < -0.3 is 14.5 Å². The van der Waals surface area contributed by atoms with Crippen LogP contribution in [0.5, 0.6) is 5.75 Å². The molecule has 0 saturated carbocycles. The Morgan fingerprint density at radius 3 is 2.76 bits per heavy atom. The van der Waals surface area contributed by atoms with Gasteiger partial charge in [0.25, 0.3) is 5.91 Å². The van der Waals surface area contributed by atoms with Crippen molar-refractivity contribution in [2.75, 3.05) is 0 Å². The molecule has 1 aromatic heterocycles. The van der Waals surface area contributed by atoms with Crippen molar-refractivity contribution in [1.29, 1.82) is 0 Å². The minimum absolute atomic E-state index is 0.130. The Labute approximate surface area is 125 Å². The van der Waals surface area contributed by atoms with Gasteiger partial charge in [0, 0.05) is 0 Å². The maximum atomic E-state index is 12.2. The third kappa shape index (κ3) is 3.88. The standard InChI is InChI=1S/C17H21NO3/c1-4-15(17(19)18-11-14-8-6-10-20-14)21-16-9-5-7-12(2)13(16)3/h5-10,15H,4,11H2,1-3H3,(H,18,19)/t15-/m0/s1. The summed E-state index contributed by atoms with van der Waals surface area (Å²) >= 11 is 0. The number of amides is 1. The van der Waals surface area contributed by atoms with Gasteiger partial charge in [-0.25, -0.2) is 0 Å². The molecule has 1 heterocycles. The highest BCUT2D eigenvalue weighted by atomic mass is 16.5. The van der Waals surface area contributed by atoms with Crippen molar-refractivity contribution in [2.24, 2.45) is 0 Å². The van der Waals surface area contributed by atoms with Crippen LogP contribution in [-0.4, -0.2) is 12.0 Å². The lowest BCUT2D eigenvalue weighted by Crippen LogP contribution is -2.37. The smallest absolute Gasteiger partial charge is 0.261 e. The Hall–Kier alpha value is -2.23. The maximum absolute atomic E-state index is 12.2. The second-order valence-electron chi connectivity index (χ2n) is 5.01. The van der Waals surface area contributed by atoms with Crippen LogP contribution in [0.4, 0.5) is 0 Å². The van der Waals surface area contributed by atoms with Crippen LogP contribution in [0.1, 0.15) is 30.2 Å². The van der Waals surface area contributed by atoms with Crippen molar-refractivity contribution in [2.45, 2.75) is 39.8 Å². The molecule has 0 radical (unpaired) electrons. The SMILES string of the molecule is CC[C@H](Oc1cccc(C)c1C)C(=O)NCc1ccco1. The van der Waals surface area contributed by atoms with Crippen LogP contribution in [-0.2, 0) is 11.3 Å². The fourth-order valence-electron chi connectivity index (χ4n) is 2.03. The molecule has 1 amide bonds. The number of carbonyl (C=O) groups excluding carboxylic acids is 1. The minimum atomic E-state index is -0.500. The third-order valence-corrected chi connectivity index (χ3v) is 3.50. The van der Waals surface area contributed by atoms with Gasteiger partial charge in [-0.1, -0.05) is 19.1 Å². The average Bonchev–Trinajstić information content (AvgIpc) is 2.99. The first-order valence-electron chi connectivity index (χ1n) is 7.14. The quantitative estimate of drug-likeness (QED) is 0.886. The number of hydrogen-bond acceptors (Lipinski definition) is 3. The van der Waals surface area contributed by atoms with E-state index in [2.05, 4.69) is 5.32 Å². The van der Waals surface area contributed by atoms with Gasteiger partial charge >= 0.3 is 0 Å². The first-order chi connectivity index (χ1) is 10.1. The number of aryl methyl sites for hydroxylation is 1. The molecular weight excluding hydrogens is 266 g/mol. The summed E-state index contributed by atoms with van der Waals surface area (Å²) in [6.45, 7) is 6.33. The Morgan fingerprint density at radius 1 is 1.29 bits per heavy atom. The van der Waals surface area contributed by atoms with E-state index in [9.17, 15) is 4.79 Å². The molecule has 4 nitrogen and oxygen atoms in total. The lowest BCUT2D eigenvalue weighted by Gasteiger charge is -2.19. The third-order valence-electron chi connectivity index (χ3n) is 3.50. The maximum Gasteiger partial charge on any atom is 0.261 e. The summed E-state index contributed by atoms with van der Waals surface area (Å²) in [6.07, 6.45) is 1.70. The number of furan rings is 1. The van der Waals surface area contributed by atoms with Crippen LogP contribution in [0, 0.1) is 13.8 Å². The van der Waals surface area contributed by atoms with Gasteiger partial charge in [-0.2, -0.15) is 0 Å². The van der Waals surface area contributed by atoms with Crippen molar-refractivity contribution in [3.8, 4) is 5.75 Å². The van der Waals surface area contributed by atoms with Crippen molar-refractivity contribution >= 4 is 5.91 Å². The van der Waals surface area contributed by atoms with Crippen LogP contribution in [0.2, 0.25) is 0 Å². The van der Waals surface area contributed by atoms with Gasteiger partial charge in [0.15, 0.2) is 6.10 Å². The molecule has 0 spiro atoms. The Morgan fingerprint density at radius 2 is 2.10 bits per heavy atom. The zero-order chi connectivity index (χ0) is 15.2. The molecule has 0 aliphatic carbocycles.